The third kappa shape index (κ3) is 3.96. The van der Waals surface area contributed by atoms with Crippen LogP contribution >= 0.6 is 23.4 Å². The first-order valence-electron chi connectivity index (χ1n) is 7.46. The second-order valence-electron chi connectivity index (χ2n) is 5.47. The highest BCUT2D eigenvalue weighted by Crippen LogP contribution is 2.34. The zero-order valence-corrected chi connectivity index (χ0v) is 15.0. The van der Waals surface area contributed by atoms with Crippen molar-refractivity contribution >= 4 is 46.0 Å². The number of nitrogens with zero attached hydrogens (tertiary/aromatic N) is 2. The quantitative estimate of drug-likeness (QED) is 0.629. The van der Waals surface area contributed by atoms with Gasteiger partial charge in [-0.25, -0.2) is 4.98 Å². The van der Waals surface area contributed by atoms with Gasteiger partial charge in [-0.1, -0.05) is 35.5 Å². The summed E-state index contributed by atoms with van der Waals surface area (Å²) in [6.07, 6.45) is -4.51. The van der Waals surface area contributed by atoms with Crippen LogP contribution in [0.25, 0.3) is 11.0 Å². The van der Waals surface area contributed by atoms with E-state index in [9.17, 15) is 18.0 Å². The number of benzene rings is 2. The largest absolute Gasteiger partial charge is 0.416 e. The summed E-state index contributed by atoms with van der Waals surface area (Å²) in [5.41, 5.74) is 0.785. The smallest absolute Gasteiger partial charge is 0.324 e. The van der Waals surface area contributed by atoms with E-state index in [4.69, 9.17) is 11.6 Å². The fourth-order valence-electron chi connectivity index (χ4n) is 2.37. The predicted molar refractivity (Wildman–Crippen MR) is 96.5 cm³/mol. The monoisotopic (exact) mass is 399 g/mol. The maximum Gasteiger partial charge on any atom is 0.416 e. The standard InChI is InChI=1S/C17H13ClF3N3OS/c1-24-14-5-3-2-4-12(14)23-16(24)26-9-15(25)22-13-8-10(17(19,20)21)6-7-11(13)18/h2-8H,9H2,1H3,(H,22,25). The molecule has 136 valence electrons. The number of amides is 1. The molecule has 0 fully saturated rings. The highest BCUT2D eigenvalue weighted by atomic mass is 35.5. The maximum absolute atomic E-state index is 12.8. The van der Waals surface area contributed by atoms with E-state index in [1.807, 2.05) is 35.9 Å². The van der Waals surface area contributed by atoms with Crippen LogP contribution in [-0.2, 0) is 18.0 Å². The molecule has 0 saturated heterocycles. The van der Waals surface area contributed by atoms with Gasteiger partial charge in [0, 0.05) is 7.05 Å². The average molecular weight is 400 g/mol. The lowest BCUT2D eigenvalue weighted by Gasteiger charge is -2.11. The van der Waals surface area contributed by atoms with Gasteiger partial charge in [-0.15, -0.1) is 0 Å². The van der Waals surface area contributed by atoms with Crippen molar-refractivity contribution in [3.63, 3.8) is 0 Å². The van der Waals surface area contributed by atoms with Gasteiger partial charge < -0.3 is 9.88 Å². The number of aromatic nitrogens is 2. The molecule has 1 heterocycles. The zero-order valence-electron chi connectivity index (χ0n) is 13.5. The van der Waals surface area contributed by atoms with E-state index in [1.54, 1.807) is 0 Å². The Labute approximate surface area is 156 Å². The molecule has 0 unspecified atom stereocenters. The minimum Gasteiger partial charge on any atom is -0.324 e. The first kappa shape index (κ1) is 18.6. The average Bonchev–Trinajstić information content (AvgIpc) is 2.90. The van der Waals surface area contributed by atoms with Crippen LogP contribution < -0.4 is 5.32 Å². The lowest BCUT2D eigenvalue weighted by atomic mass is 10.2. The van der Waals surface area contributed by atoms with Gasteiger partial charge in [0.05, 0.1) is 33.1 Å². The van der Waals surface area contributed by atoms with Crippen molar-refractivity contribution in [2.24, 2.45) is 7.05 Å². The van der Waals surface area contributed by atoms with Crippen molar-refractivity contribution < 1.29 is 18.0 Å². The van der Waals surface area contributed by atoms with E-state index in [1.165, 1.54) is 11.8 Å². The molecule has 0 saturated carbocycles. The van der Waals surface area contributed by atoms with Crippen LogP contribution in [0.5, 0.6) is 0 Å². The molecule has 9 heteroatoms. The van der Waals surface area contributed by atoms with Crippen molar-refractivity contribution in [2.75, 3.05) is 11.1 Å². The summed E-state index contributed by atoms with van der Waals surface area (Å²) in [6.45, 7) is 0. The van der Waals surface area contributed by atoms with E-state index in [0.29, 0.717) is 5.16 Å². The van der Waals surface area contributed by atoms with Gasteiger partial charge in [-0.3, -0.25) is 4.79 Å². The Kier molecular flexibility index (Phi) is 5.15. The number of alkyl halides is 3. The fourth-order valence-corrected chi connectivity index (χ4v) is 3.32. The summed E-state index contributed by atoms with van der Waals surface area (Å²) in [7, 11) is 1.83. The first-order valence-corrected chi connectivity index (χ1v) is 8.83. The summed E-state index contributed by atoms with van der Waals surface area (Å²) in [5, 5.41) is 3.09. The Morgan fingerprint density at radius 1 is 1.27 bits per heavy atom. The number of imidazole rings is 1. The first-order chi connectivity index (χ1) is 12.3. The van der Waals surface area contributed by atoms with Crippen LogP contribution in [0, 0.1) is 0 Å². The van der Waals surface area contributed by atoms with E-state index < -0.39 is 17.6 Å². The Balaban J connectivity index is 1.70. The van der Waals surface area contributed by atoms with Crippen LogP contribution in [0.1, 0.15) is 5.56 Å². The molecule has 1 N–H and O–H groups in total. The number of anilines is 1. The molecule has 0 spiro atoms. The molecule has 0 aliphatic carbocycles. The summed E-state index contributed by atoms with van der Waals surface area (Å²) in [4.78, 5) is 16.5. The molecular formula is C17H13ClF3N3OS. The molecule has 4 nitrogen and oxygen atoms in total. The zero-order chi connectivity index (χ0) is 18.9. The number of rotatable bonds is 4. The van der Waals surface area contributed by atoms with E-state index in [2.05, 4.69) is 10.3 Å². The Morgan fingerprint density at radius 2 is 2.00 bits per heavy atom. The van der Waals surface area contributed by atoms with Gasteiger partial charge in [0.1, 0.15) is 0 Å². The highest BCUT2D eigenvalue weighted by Gasteiger charge is 2.31. The molecular weight excluding hydrogens is 387 g/mol. The Bertz CT molecular complexity index is 972. The number of halogens is 4. The number of nitrogens with one attached hydrogen (secondary N) is 1. The molecule has 0 aliphatic heterocycles. The SMILES string of the molecule is Cn1c(SCC(=O)Nc2cc(C(F)(F)F)ccc2Cl)nc2ccccc21. The van der Waals surface area contributed by atoms with Crippen LogP contribution in [0.2, 0.25) is 5.02 Å². The molecule has 2 aromatic carbocycles. The second kappa shape index (κ2) is 7.20. The van der Waals surface area contributed by atoms with Crippen molar-refractivity contribution in [2.45, 2.75) is 11.3 Å². The van der Waals surface area contributed by atoms with Crippen molar-refractivity contribution in [1.29, 1.82) is 0 Å². The van der Waals surface area contributed by atoms with Gasteiger partial charge in [0.15, 0.2) is 5.16 Å². The molecule has 3 aromatic rings. The minimum absolute atomic E-state index is 0.0102. The number of hydrogen-bond donors (Lipinski definition) is 1. The van der Waals surface area contributed by atoms with Crippen molar-refractivity contribution in [3.05, 3.63) is 53.1 Å². The molecule has 3 rings (SSSR count). The van der Waals surface area contributed by atoms with Crippen molar-refractivity contribution in [3.8, 4) is 0 Å². The van der Waals surface area contributed by atoms with Crippen molar-refractivity contribution in [1.82, 2.24) is 9.55 Å². The van der Waals surface area contributed by atoms with E-state index in [-0.39, 0.29) is 16.5 Å². The summed E-state index contributed by atoms with van der Waals surface area (Å²) >= 11 is 7.07. The predicted octanol–water partition coefficient (Wildman–Crippen LogP) is 4.98. The fraction of sp³-hybridized carbons (Fsp3) is 0.176. The minimum atomic E-state index is -4.51. The van der Waals surface area contributed by atoms with Crippen LogP contribution in [0.3, 0.4) is 0 Å². The van der Waals surface area contributed by atoms with Crippen LogP contribution in [0.4, 0.5) is 18.9 Å². The molecule has 0 radical (unpaired) electrons. The Morgan fingerprint density at radius 3 is 2.69 bits per heavy atom. The van der Waals surface area contributed by atoms with E-state index in [0.717, 1.165) is 29.2 Å². The molecule has 0 atom stereocenters. The third-order valence-corrected chi connectivity index (χ3v) is 5.01. The topological polar surface area (TPSA) is 46.9 Å². The molecule has 1 aromatic heterocycles. The molecule has 1 amide bonds. The lowest BCUT2D eigenvalue weighted by molar-refractivity contribution is -0.137. The number of aryl methyl sites for hydroxylation is 1. The van der Waals surface area contributed by atoms with Gasteiger partial charge in [0.25, 0.3) is 0 Å². The number of carbonyl (C=O) groups excluding carboxylic acids is 1. The maximum atomic E-state index is 12.8. The van der Waals surface area contributed by atoms with Gasteiger partial charge in [-0.05, 0) is 30.3 Å². The summed E-state index contributed by atoms with van der Waals surface area (Å²) in [5.74, 6) is -0.479. The van der Waals surface area contributed by atoms with Gasteiger partial charge in [-0.2, -0.15) is 13.2 Å². The molecule has 26 heavy (non-hydrogen) atoms. The Hall–Kier alpha value is -2.19. The van der Waals surface area contributed by atoms with Gasteiger partial charge >= 0.3 is 6.18 Å². The lowest BCUT2D eigenvalue weighted by Crippen LogP contribution is -2.15. The van der Waals surface area contributed by atoms with Crippen LogP contribution in [-0.4, -0.2) is 21.2 Å². The van der Waals surface area contributed by atoms with Crippen LogP contribution in [0.15, 0.2) is 47.6 Å². The number of fused-ring (bicyclic) bond motifs is 1. The number of thioether (sulfide) groups is 1. The second-order valence-corrected chi connectivity index (χ2v) is 6.82. The van der Waals surface area contributed by atoms with E-state index >= 15 is 0 Å². The summed E-state index contributed by atoms with van der Waals surface area (Å²) < 4.78 is 40.2. The third-order valence-electron chi connectivity index (χ3n) is 3.65. The normalized spacial score (nSPS) is 11.7. The highest BCUT2D eigenvalue weighted by molar-refractivity contribution is 7.99. The number of para-hydroxylation sites is 2. The number of hydrogen-bond acceptors (Lipinski definition) is 3. The number of carbonyl (C=O) groups is 1. The summed E-state index contributed by atoms with van der Waals surface area (Å²) in [6, 6.07) is 10.3. The molecule has 0 aliphatic rings. The molecule has 0 bridgehead atoms. The van der Waals surface area contributed by atoms with Gasteiger partial charge in [0.2, 0.25) is 5.91 Å².